The molecular weight excluding hydrogens is 226 g/mol. The van der Waals surface area contributed by atoms with Gasteiger partial charge >= 0.3 is 0 Å². The molecule has 4 nitrogen and oxygen atoms in total. The molecule has 0 spiro atoms. The largest absolute Gasteiger partial charge is 0.353 e. The molecule has 0 aromatic carbocycles. The van der Waals surface area contributed by atoms with Crippen molar-refractivity contribution in [3.8, 4) is 0 Å². The summed E-state index contributed by atoms with van der Waals surface area (Å²) in [6, 6.07) is 0. The average molecular weight is 249 g/mol. The Hall–Kier alpha value is 0.0300. The summed E-state index contributed by atoms with van der Waals surface area (Å²) in [5.41, 5.74) is 0. The molecule has 0 aliphatic carbocycles. The summed E-state index contributed by atoms with van der Waals surface area (Å²) in [6.45, 7) is 8.20. The molecule has 16 heavy (non-hydrogen) atoms. The minimum atomic E-state index is -0.586. The van der Waals surface area contributed by atoms with Gasteiger partial charge < -0.3 is 14.4 Å². The lowest BCUT2D eigenvalue weighted by molar-refractivity contribution is -0.141. The maximum atomic E-state index is 11.2. The van der Waals surface area contributed by atoms with Crippen molar-refractivity contribution >= 4 is 10.8 Å². The molecule has 96 valence electrons. The Balaban J connectivity index is 2.18. The summed E-state index contributed by atoms with van der Waals surface area (Å²) in [5.74, 6) is 1.63. The van der Waals surface area contributed by atoms with Crippen LogP contribution in [0.1, 0.15) is 20.3 Å². The van der Waals surface area contributed by atoms with Gasteiger partial charge in [0.2, 0.25) is 0 Å². The van der Waals surface area contributed by atoms with Crippen LogP contribution in [0.4, 0.5) is 0 Å². The Kier molecular flexibility index (Phi) is 7.20. The smallest absolute Gasteiger partial charge is 0.158 e. The average Bonchev–Trinajstić information content (AvgIpc) is 2.29. The predicted octanol–water partition coefficient (Wildman–Crippen LogP) is 0.840. The highest BCUT2D eigenvalue weighted by atomic mass is 32.2. The summed E-state index contributed by atoms with van der Waals surface area (Å²) in [4.78, 5) is 2.34. The van der Waals surface area contributed by atoms with Gasteiger partial charge in [0.1, 0.15) is 0 Å². The fourth-order valence-corrected chi connectivity index (χ4v) is 2.90. The van der Waals surface area contributed by atoms with Crippen molar-refractivity contribution in [2.24, 2.45) is 0 Å². The first-order valence-corrected chi connectivity index (χ1v) is 7.55. The third kappa shape index (κ3) is 5.39. The van der Waals surface area contributed by atoms with Crippen molar-refractivity contribution in [2.45, 2.75) is 26.6 Å². The summed E-state index contributed by atoms with van der Waals surface area (Å²) in [5, 5.41) is 0. The molecule has 0 aromatic rings. The second kappa shape index (κ2) is 8.17. The summed E-state index contributed by atoms with van der Waals surface area (Å²) >= 11 is 0. The third-order valence-corrected chi connectivity index (χ3v) is 3.93. The van der Waals surface area contributed by atoms with Crippen molar-refractivity contribution in [1.29, 1.82) is 0 Å². The molecule has 0 atom stereocenters. The number of ether oxygens (including phenoxy) is 2. The zero-order chi connectivity index (χ0) is 11.8. The Morgan fingerprint density at radius 2 is 1.75 bits per heavy atom. The second-order valence-electron chi connectivity index (χ2n) is 3.82. The zero-order valence-electron chi connectivity index (χ0n) is 10.3. The lowest BCUT2D eigenvalue weighted by Crippen LogP contribution is -2.39. The van der Waals surface area contributed by atoms with Gasteiger partial charge in [-0.3, -0.25) is 4.21 Å². The third-order valence-electron chi connectivity index (χ3n) is 2.66. The summed E-state index contributed by atoms with van der Waals surface area (Å²) in [6.07, 6.45) is 0.816. The summed E-state index contributed by atoms with van der Waals surface area (Å²) < 4.78 is 22.2. The second-order valence-corrected chi connectivity index (χ2v) is 5.51. The first kappa shape index (κ1) is 14.1. The first-order chi connectivity index (χ1) is 7.76. The van der Waals surface area contributed by atoms with Crippen LogP contribution in [0.25, 0.3) is 0 Å². The van der Waals surface area contributed by atoms with E-state index in [1.54, 1.807) is 0 Å². The highest BCUT2D eigenvalue weighted by Gasteiger charge is 2.16. The Morgan fingerprint density at radius 1 is 1.19 bits per heavy atom. The fraction of sp³-hybridized carbons (Fsp3) is 1.00. The minimum absolute atomic E-state index is 0.0811. The van der Waals surface area contributed by atoms with Crippen molar-refractivity contribution in [3.63, 3.8) is 0 Å². The van der Waals surface area contributed by atoms with Gasteiger partial charge in [-0.05, 0) is 13.8 Å². The minimum Gasteiger partial charge on any atom is -0.353 e. The van der Waals surface area contributed by atoms with Crippen LogP contribution >= 0.6 is 0 Å². The maximum Gasteiger partial charge on any atom is 0.158 e. The van der Waals surface area contributed by atoms with E-state index in [1.165, 1.54) is 0 Å². The molecule has 5 heteroatoms. The number of hydrogen-bond acceptors (Lipinski definition) is 4. The van der Waals surface area contributed by atoms with Gasteiger partial charge in [0.25, 0.3) is 0 Å². The van der Waals surface area contributed by atoms with Crippen LogP contribution in [0.2, 0.25) is 0 Å². The van der Waals surface area contributed by atoms with E-state index >= 15 is 0 Å². The maximum absolute atomic E-state index is 11.2. The van der Waals surface area contributed by atoms with Gasteiger partial charge in [0.15, 0.2) is 6.29 Å². The summed E-state index contributed by atoms with van der Waals surface area (Å²) in [7, 11) is -0.586. The van der Waals surface area contributed by atoms with E-state index in [1.807, 2.05) is 13.8 Å². The Labute approximate surface area is 101 Å². The van der Waals surface area contributed by atoms with Gasteiger partial charge in [-0.25, -0.2) is 0 Å². The quantitative estimate of drug-likeness (QED) is 0.627. The molecule has 0 radical (unpaired) electrons. The van der Waals surface area contributed by atoms with Crippen LogP contribution in [0.5, 0.6) is 0 Å². The molecular formula is C11H23NO3S. The predicted molar refractivity (Wildman–Crippen MR) is 66.0 cm³/mol. The van der Waals surface area contributed by atoms with E-state index in [4.69, 9.17) is 9.47 Å². The first-order valence-electron chi connectivity index (χ1n) is 6.06. The molecule has 0 aromatic heterocycles. The van der Waals surface area contributed by atoms with E-state index < -0.39 is 10.8 Å². The Bertz CT molecular complexity index is 197. The highest BCUT2D eigenvalue weighted by molar-refractivity contribution is 7.85. The molecule has 1 aliphatic rings. The lowest BCUT2D eigenvalue weighted by Gasteiger charge is -2.27. The number of hydrogen-bond donors (Lipinski definition) is 0. The number of rotatable bonds is 7. The van der Waals surface area contributed by atoms with Crippen molar-refractivity contribution < 1.29 is 13.7 Å². The van der Waals surface area contributed by atoms with Crippen LogP contribution in [0.15, 0.2) is 0 Å². The van der Waals surface area contributed by atoms with Crippen LogP contribution < -0.4 is 0 Å². The topological polar surface area (TPSA) is 38.8 Å². The van der Waals surface area contributed by atoms with E-state index in [0.29, 0.717) is 13.2 Å². The van der Waals surface area contributed by atoms with E-state index in [9.17, 15) is 4.21 Å². The standard InChI is InChI=1S/C11H23NO3S/c1-3-14-11(15-4-2)5-6-12-7-9-16(13)10-8-12/h11H,3-10H2,1-2H3. The van der Waals surface area contributed by atoms with Crippen molar-refractivity contribution in [1.82, 2.24) is 4.90 Å². The van der Waals surface area contributed by atoms with E-state index in [2.05, 4.69) is 4.90 Å². The molecule has 1 rings (SSSR count). The molecule has 0 N–H and O–H groups in total. The normalized spacial score (nSPS) is 19.4. The van der Waals surface area contributed by atoms with E-state index in [0.717, 1.165) is 37.6 Å². The van der Waals surface area contributed by atoms with Gasteiger partial charge in [-0.1, -0.05) is 0 Å². The Morgan fingerprint density at radius 3 is 2.25 bits per heavy atom. The molecule has 1 saturated heterocycles. The van der Waals surface area contributed by atoms with Gasteiger partial charge in [-0.15, -0.1) is 0 Å². The van der Waals surface area contributed by atoms with E-state index in [-0.39, 0.29) is 6.29 Å². The van der Waals surface area contributed by atoms with Crippen LogP contribution in [0, 0.1) is 0 Å². The monoisotopic (exact) mass is 249 g/mol. The van der Waals surface area contributed by atoms with Crippen molar-refractivity contribution in [3.05, 3.63) is 0 Å². The fourth-order valence-electron chi connectivity index (χ4n) is 1.77. The molecule has 0 unspecified atom stereocenters. The van der Waals surface area contributed by atoms with Crippen LogP contribution in [-0.2, 0) is 20.3 Å². The molecule has 0 amide bonds. The van der Waals surface area contributed by atoms with Crippen molar-refractivity contribution in [2.75, 3.05) is 44.4 Å². The lowest BCUT2D eigenvalue weighted by atomic mass is 10.3. The van der Waals surface area contributed by atoms with Gasteiger partial charge in [0, 0.05) is 61.6 Å². The molecule has 0 saturated carbocycles. The van der Waals surface area contributed by atoms with Crippen LogP contribution in [0.3, 0.4) is 0 Å². The molecule has 1 heterocycles. The number of nitrogens with zero attached hydrogens (tertiary/aromatic N) is 1. The van der Waals surface area contributed by atoms with Gasteiger partial charge in [0.05, 0.1) is 0 Å². The van der Waals surface area contributed by atoms with Gasteiger partial charge in [-0.2, -0.15) is 0 Å². The van der Waals surface area contributed by atoms with Crippen LogP contribution in [-0.4, -0.2) is 59.8 Å². The molecule has 0 bridgehead atoms. The molecule has 1 fully saturated rings. The SMILES string of the molecule is CCOC(CCN1CCS(=O)CC1)OCC. The molecule has 1 aliphatic heterocycles. The zero-order valence-corrected chi connectivity index (χ0v) is 11.1. The highest BCUT2D eigenvalue weighted by Crippen LogP contribution is 2.06.